The van der Waals surface area contributed by atoms with E-state index in [0.29, 0.717) is 11.7 Å². The van der Waals surface area contributed by atoms with E-state index < -0.39 is 0 Å². The van der Waals surface area contributed by atoms with Gasteiger partial charge in [-0.2, -0.15) is 4.98 Å². The number of aromatic nitrogens is 2. The first-order chi connectivity index (χ1) is 8.11. The van der Waals surface area contributed by atoms with Crippen molar-refractivity contribution in [1.29, 1.82) is 0 Å². The predicted octanol–water partition coefficient (Wildman–Crippen LogP) is 1.43. The fourth-order valence-corrected chi connectivity index (χ4v) is 2.00. The quantitative estimate of drug-likeness (QED) is 0.781. The standard InChI is InChI=1S/C11H16ClN3O2/c1-15(8(6-16)4-7-2-3-7)10-9(17)5-13-11(12)14-10/h5,7-8,16-17H,2-4,6H2,1H3/t8-/m0/s1. The molecular weight excluding hydrogens is 242 g/mol. The summed E-state index contributed by atoms with van der Waals surface area (Å²) in [6.45, 7) is 0.0358. The molecule has 0 spiro atoms. The number of aliphatic hydroxyl groups is 1. The van der Waals surface area contributed by atoms with Crippen LogP contribution in [0.4, 0.5) is 5.82 Å². The Morgan fingerprint density at radius 1 is 1.59 bits per heavy atom. The largest absolute Gasteiger partial charge is 0.503 e. The smallest absolute Gasteiger partial charge is 0.224 e. The number of anilines is 1. The maximum absolute atomic E-state index is 9.69. The molecule has 0 radical (unpaired) electrons. The number of aliphatic hydroxyl groups excluding tert-OH is 1. The van der Waals surface area contributed by atoms with Crippen molar-refractivity contribution < 1.29 is 10.2 Å². The lowest BCUT2D eigenvalue weighted by Crippen LogP contribution is -2.35. The van der Waals surface area contributed by atoms with Gasteiger partial charge in [-0.3, -0.25) is 0 Å². The zero-order chi connectivity index (χ0) is 12.4. The molecule has 0 amide bonds. The van der Waals surface area contributed by atoms with Gasteiger partial charge < -0.3 is 15.1 Å². The predicted molar refractivity (Wildman–Crippen MR) is 65.3 cm³/mol. The first-order valence-electron chi connectivity index (χ1n) is 5.67. The van der Waals surface area contributed by atoms with Crippen molar-refractivity contribution >= 4 is 17.4 Å². The van der Waals surface area contributed by atoms with E-state index in [1.165, 1.54) is 19.0 Å². The third-order valence-corrected chi connectivity index (χ3v) is 3.30. The Hall–Kier alpha value is -1.07. The molecule has 2 N–H and O–H groups in total. The number of aromatic hydroxyl groups is 1. The van der Waals surface area contributed by atoms with Gasteiger partial charge in [0.2, 0.25) is 5.28 Å². The first kappa shape index (κ1) is 12.4. The lowest BCUT2D eigenvalue weighted by atomic mass is 10.1. The van der Waals surface area contributed by atoms with E-state index in [1.807, 2.05) is 0 Å². The maximum atomic E-state index is 9.69. The molecule has 5 nitrogen and oxygen atoms in total. The van der Waals surface area contributed by atoms with Crippen molar-refractivity contribution in [2.45, 2.75) is 25.3 Å². The number of halogens is 1. The van der Waals surface area contributed by atoms with Crippen molar-refractivity contribution in [3.05, 3.63) is 11.5 Å². The van der Waals surface area contributed by atoms with E-state index in [4.69, 9.17) is 11.6 Å². The van der Waals surface area contributed by atoms with E-state index in [-0.39, 0.29) is 23.7 Å². The van der Waals surface area contributed by atoms with Gasteiger partial charge in [0.15, 0.2) is 11.6 Å². The lowest BCUT2D eigenvalue weighted by Gasteiger charge is -2.28. The molecule has 1 saturated carbocycles. The second kappa shape index (κ2) is 5.06. The highest BCUT2D eigenvalue weighted by atomic mass is 35.5. The minimum Gasteiger partial charge on any atom is -0.503 e. The van der Waals surface area contributed by atoms with Crippen LogP contribution in [0.3, 0.4) is 0 Å². The zero-order valence-corrected chi connectivity index (χ0v) is 10.4. The molecule has 1 heterocycles. The summed E-state index contributed by atoms with van der Waals surface area (Å²) in [5, 5.41) is 19.2. The molecule has 1 aliphatic carbocycles. The molecule has 0 aromatic carbocycles. The average molecular weight is 258 g/mol. The highest BCUT2D eigenvalue weighted by molar-refractivity contribution is 6.28. The first-order valence-corrected chi connectivity index (χ1v) is 6.04. The van der Waals surface area contributed by atoms with Crippen LogP contribution >= 0.6 is 11.6 Å². The minimum absolute atomic E-state index is 0.0221. The molecule has 94 valence electrons. The van der Waals surface area contributed by atoms with Crippen LogP contribution in [0.25, 0.3) is 0 Å². The highest BCUT2D eigenvalue weighted by Gasteiger charge is 2.28. The Balaban J connectivity index is 2.14. The van der Waals surface area contributed by atoms with Gasteiger partial charge >= 0.3 is 0 Å². The van der Waals surface area contributed by atoms with Crippen LogP contribution in [-0.2, 0) is 0 Å². The summed E-state index contributed by atoms with van der Waals surface area (Å²) >= 11 is 5.70. The van der Waals surface area contributed by atoms with Crippen LogP contribution in [0.15, 0.2) is 6.20 Å². The van der Waals surface area contributed by atoms with Crippen LogP contribution in [0.5, 0.6) is 5.75 Å². The summed E-state index contributed by atoms with van der Waals surface area (Å²) in [5.41, 5.74) is 0. The van der Waals surface area contributed by atoms with Gasteiger partial charge in [0.25, 0.3) is 0 Å². The van der Waals surface area contributed by atoms with Gasteiger partial charge in [-0.1, -0.05) is 12.8 Å². The second-order valence-corrected chi connectivity index (χ2v) is 4.81. The van der Waals surface area contributed by atoms with E-state index >= 15 is 0 Å². The van der Waals surface area contributed by atoms with E-state index in [1.54, 1.807) is 11.9 Å². The van der Waals surface area contributed by atoms with Crippen LogP contribution in [-0.4, -0.2) is 39.9 Å². The Bertz CT molecular complexity index is 398. The molecule has 0 unspecified atom stereocenters. The molecule has 0 aliphatic heterocycles. The van der Waals surface area contributed by atoms with Crippen molar-refractivity contribution in [2.24, 2.45) is 5.92 Å². The molecule has 6 heteroatoms. The van der Waals surface area contributed by atoms with E-state index in [2.05, 4.69) is 9.97 Å². The number of rotatable bonds is 5. The van der Waals surface area contributed by atoms with Gasteiger partial charge in [0, 0.05) is 7.05 Å². The fourth-order valence-electron chi connectivity index (χ4n) is 1.87. The summed E-state index contributed by atoms with van der Waals surface area (Å²) in [4.78, 5) is 9.45. The molecule has 1 aromatic heterocycles. The summed E-state index contributed by atoms with van der Waals surface area (Å²) in [6.07, 6.45) is 4.63. The summed E-state index contributed by atoms with van der Waals surface area (Å²) in [5.74, 6) is 1.03. The van der Waals surface area contributed by atoms with E-state index in [9.17, 15) is 10.2 Å². The third-order valence-electron chi connectivity index (χ3n) is 3.12. The Labute approximate surface area is 105 Å². The fraction of sp³-hybridized carbons (Fsp3) is 0.636. The molecule has 1 fully saturated rings. The molecule has 2 rings (SSSR count). The average Bonchev–Trinajstić information content (AvgIpc) is 3.12. The third kappa shape index (κ3) is 2.98. The Morgan fingerprint density at radius 3 is 2.88 bits per heavy atom. The van der Waals surface area contributed by atoms with Gasteiger partial charge in [-0.25, -0.2) is 4.98 Å². The summed E-state index contributed by atoms with van der Waals surface area (Å²) < 4.78 is 0. The van der Waals surface area contributed by atoms with Crippen molar-refractivity contribution in [3.63, 3.8) is 0 Å². The van der Waals surface area contributed by atoms with Gasteiger partial charge in [0.05, 0.1) is 18.8 Å². The topological polar surface area (TPSA) is 69.5 Å². The Morgan fingerprint density at radius 2 is 2.29 bits per heavy atom. The van der Waals surface area contributed by atoms with Crippen molar-refractivity contribution in [3.8, 4) is 5.75 Å². The lowest BCUT2D eigenvalue weighted by molar-refractivity contribution is 0.251. The second-order valence-electron chi connectivity index (χ2n) is 4.47. The monoisotopic (exact) mass is 257 g/mol. The number of hydrogen-bond donors (Lipinski definition) is 2. The van der Waals surface area contributed by atoms with E-state index in [0.717, 1.165) is 6.42 Å². The van der Waals surface area contributed by atoms with Crippen molar-refractivity contribution in [2.75, 3.05) is 18.6 Å². The minimum atomic E-state index is -0.0423. The highest BCUT2D eigenvalue weighted by Crippen LogP contribution is 2.36. The SMILES string of the molecule is CN(c1nc(Cl)ncc1O)[C@H](CO)CC1CC1. The van der Waals surface area contributed by atoms with Gasteiger partial charge in [0.1, 0.15) is 0 Å². The van der Waals surface area contributed by atoms with Crippen LogP contribution in [0.1, 0.15) is 19.3 Å². The summed E-state index contributed by atoms with van der Waals surface area (Å²) in [6, 6.07) is -0.0423. The molecule has 1 atom stereocenters. The van der Waals surface area contributed by atoms with Crippen molar-refractivity contribution in [1.82, 2.24) is 9.97 Å². The number of likely N-dealkylation sites (N-methyl/N-ethyl adjacent to an activating group) is 1. The van der Waals surface area contributed by atoms with Gasteiger partial charge in [-0.05, 0) is 23.9 Å². The zero-order valence-electron chi connectivity index (χ0n) is 9.67. The van der Waals surface area contributed by atoms with Crippen LogP contribution in [0, 0.1) is 5.92 Å². The van der Waals surface area contributed by atoms with Crippen LogP contribution < -0.4 is 4.90 Å². The maximum Gasteiger partial charge on any atom is 0.224 e. The number of nitrogens with zero attached hydrogens (tertiary/aromatic N) is 3. The number of hydrogen-bond acceptors (Lipinski definition) is 5. The molecule has 17 heavy (non-hydrogen) atoms. The molecule has 1 aliphatic rings. The van der Waals surface area contributed by atoms with Crippen LogP contribution in [0.2, 0.25) is 5.28 Å². The molecule has 1 aromatic rings. The molecule has 0 saturated heterocycles. The normalized spacial score (nSPS) is 16.9. The van der Waals surface area contributed by atoms with Gasteiger partial charge in [-0.15, -0.1) is 0 Å². The Kier molecular flexibility index (Phi) is 3.69. The summed E-state index contributed by atoms with van der Waals surface area (Å²) in [7, 11) is 1.79. The molecule has 0 bridgehead atoms. The molecular formula is C11H16ClN3O2.